The quantitative estimate of drug-likeness (QED) is 0.757. The number of aryl methyl sites for hydroxylation is 1. The number of nitrogens with one attached hydrogen (secondary N) is 1. The third-order valence-electron chi connectivity index (χ3n) is 2.79. The van der Waals surface area contributed by atoms with Crippen LogP contribution in [0.5, 0.6) is 0 Å². The summed E-state index contributed by atoms with van der Waals surface area (Å²) in [5, 5.41) is 2.93. The van der Waals surface area contributed by atoms with Crippen molar-refractivity contribution in [3.63, 3.8) is 0 Å². The number of hydrogen-bond acceptors (Lipinski definition) is 1. The van der Waals surface area contributed by atoms with Gasteiger partial charge in [0.25, 0.3) is 0 Å². The van der Waals surface area contributed by atoms with E-state index in [2.05, 4.69) is 21.2 Å². The topological polar surface area (TPSA) is 29.1 Å². The van der Waals surface area contributed by atoms with Crippen LogP contribution < -0.4 is 5.32 Å². The number of amides is 1. The summed E-state index contributed by atoms with van der Waals surface area (Å²) in [4.78, 5) is 11.7. The molecule has 0 atom stereocenters. The first-order valence-corrected chi connectivity index (χ1v) is 5.35. The Morgan fingerprint density at radius 3 is 2.57 bits per heavy atom. The van der Waals surface area contributed by atoms with Crippen LogP contribution >= 0.6 is 15.9 Å². The van der Waals surface area contributed by atoms with Gasteiger partial charge in [-0.15, -0.1) is 0 Å². The Labute approximate surface area is 91.8 Å². The van der Waals surface area contributed by atoms with Crippen molar-refractivity contribution in [3.8, 4) is 0 Å². The summed E-state index contributed by atoms with van der Waals surface area (Å²) in [5.41, 5.74) is 2.72. The highest BCUT2D eigenvalue weighted by Gasteiger charge is 2.40. The molecule has 1 aromatic rings. The summed E-state index contributed by atoms with van der Waals surface area (Å²) in [6.07, 6.45) is 0. The molecule has 0 aromatic heterocycles. The minimum atomic E-state index is -0.430. The first-order chi connectivity index (χ1) is 6.44. The molecule has 1 heterocycles. The Hall–Kier alpha value is -0.830. The highest BCUT2D eigenvalue weighted by Crippen LogP contribution is 2.43. The molecular weight excluding hydrogens is 242 g/mol. The number of rotatable bonds is 0. The smallest absolute Gasteiger partial charge is 0.234 e. The third-order valence-corrected chi connectivity index (χ3v) is 3.45. The van der Waals surface area contributed by atoms with Gasteiger partial charge in [-0.1, -0.05) is 22.0 Å². The minimum Gasteiger partial charge on any atom is -0.325 e. The lowest BCUT2D eigenvalue weighted by Gasteiger charge is -2.16. The first-order valence-electron chi connectivity index (χ1n) is 4.55. The molecule has 1 aromatic carbocycles. The zero-order valence-corrected chi connectivity index (χ0v) is 10.0. The first kappa shape index (κ1) is 9.71. The fraction of sp³-hybridized carbons (Fsp3) is 0.364. The Kier molecular flexibility index (Phi) is 1.96. The van der Waals surface area contributed by atoms with E-state index in [9.17, 15) is 4.79 Å². The van der Waals surface area contributed by atoms with Gasteiger partial charge in [-0.05, 0) is 32.4 Å². The van der Waals surface area contributed by atoms with E-state index in [0.717, 1.165) is 21.3 Å². The fourth-order valence-electron chi connectivity index (χ4n) is 1.84. The van der Waals surface area contributed by atoms with Gasteiger partial charge in [-0.3, -0.25) is 4.79 Å². The maximum absolute atomic E-state index is 11.7. The predicted molar refractivity (Wildman–Crippen MR) is 60.5 cm³/mol. The molecule has 3 heteroatoms. The number of halogens is 1. The van der Waals surface area contributed by atoms with E-state index in [1.165, 1.54) is 0 Å². The molecule has 0 saturated carbocycles. The maximum Gasteiger partial charge on any atom is 0.234 e. The minimum absolute atomic E-state index is 0.0718. The van der Waals surface area contributed by atoms with E-state index >= 15 is 0 Å². The Morgan fingerprint density at radius 1 is 1.36 bits per heavy atom. The second kappa shape index (κ2) is 2.83. The number of benzene rings is 1. The van der Waals surface area contributed by atoms with Crippen molar-refractivity contribution in [1.82, 2.24) is 0 Å². The zero-order valence-electron chi connectivity index (χ0n) is 8.44. The van der Waals surface area contributed by atoms with E-state index < -0.39 is 5.41 Å². The van der Waals surface area contributed by atoms with Crippen LogP contribution in [-0.2, 0) is 10.2 Å². The SMILES string of the molecule is Cc1ccc(Br)c2c1NC(=O)C2(C)C. The van der Waals surface area contributed by atoms with Crippen LogP contribution in [0.2, 0.25) is 0 Å². The van der Waals surface area contributed by atoms with E-state index in [4.69, 9.17) is 0 Å². The Bertz CT molecular complexity index is 424. The van der Waals surface area contributed by atoms with Crippen molar-refractivity contribution in [2.24, 2.45) is 0 Å². The highest BCUT2D eigenvalue weighted by atomic mass is 79.9. The number of hydrogen-bond donors (Lipinski definition) is 1. The van der Waals surface area contributed by atoms with Crippen LogP contribution in [0.1, 0.15) is 25.0 Å². The van der Waals surface area contributed by atoms with Gasteiger partial charge in [0.2, 0.25) is 5.91 Å². The molecule has 2 rings (SSSR count). The van der Waals surface area contributed by atoms with E-state index in [1.54, 1.807) is 0 Å². The average Bonchev–Trinajstić information content (AvgIpc) is 2.33. The van der Waals surface area contributed by atoms with Gasteiger partial charge in [-0.25, -0.2) is 0 Å². The lowest BCUT2D eigenvalue weighted by molar-refractivity contribution is -0.119. The molecule has 0 bridgehead atoms. The fourth-order valence-corrected chi connectivity index (χ4v) is 2.66. The Morgan fingerprint density at radius 2 is 2.00 bits per heavy atom. The van der Waals surface area contributed by atoms with E-state index in [1.807, 2.05) is 32.9 Å². The summed E-state index contributed by atoms with van der Waals surface area (Å²) in [5.74, 6) is 0.0718. The lowest BCUT2D eigenvalue weighted by atomic mass is 9.85. The van der Waals surface area contributed by atoms with Gasteiger partial charge in [-0.2, -0.15) is 0 Å². The second-order valence-electron chi connectivity index (χ2n) is 4.19. The van der Waals surface area contributed by atoms with Crippen LogP contribution in [0.15, 0.2) is 16.6 Å². The maximum atomic E-state index is 11.7. The van der Waals surface area contributed by atoms with Crippen molar-refractivity contribution >= 4 is 27.5 Å². The van der Waals surface area contributed by atoms with Gasteiger partial charge >= 0.3 is 0 Å². The molecule has 0 fully saturated rings. The van der Waals surface area contributed by atoms with Crippen molar-refractivity contribution in [2.45, 2.75) is 26.2 Å². The van der Waals surface area contributed by atoms with E-state index in [-0.39, 0.29) is 5.91 Å². The van der Waals surface area contributed by atoms with Gasteiger partial charge in [0.05, 0.1) is 5.41 Å². The number of anilines is 1. The zero-order chi connectivity index (χ0) is 10.5. The third kappa shape index (κ3) is 1.12. The predicted octanol–water partition coefficient (Wildman–Crippen LogP) is 2.99. The average molecular weight is 254 g/mol. The number of carbonyl (C=O) groups is 1. The van der Waals surface area contributed by atoms with Crippen molar-refractivity contribution in [1.29, 1.82) is 0 Å². The molecule has 1 aliphatic rings. The highest BCUT2D eigenvalue weighted by molar-refractivity contribution is 9.10. The van der Waals surface area contributed by atoms with Crippen LogP contribution in [0.25, 0.3) is 0 Å². The van der Waals surface area contributed by atoms with Crippen molar-refractivity contribution in [2.75, 3.05) is 5.32 Å². The summed E-state index contributed by atoms with van der Waals surface area (Å²) in [6, 6.07) is 4.00. The normalized spacial score (nSPS) is 17.9. The molecule has 1 amide bonds. The largest absolute Gasteiger partial charge is 0.325 e. The monoisotopic (exact) mass is 253 g/mol. The van der Waals surface area contributed by atoms with Crippen LogP contribution in [0, 0.1) is 6.92 Å². The molecule has 2 nitrogen and oxygen atoms in total. The van der Waals surface area contributed by atoms with Gasteiger partial charge in [0, 0.05) is 15.7 Å². The van der Waals surface area contributed by atoms with Crippen molar-refractivity contribution in [3.05, 3.63) is 27.7 Å². The molecule has 0 radical (unpaired) electrons. The van der Waals surface area contributed by atoms with Gasteiger partial charge < -0.3 is 5.32 Å². The molecule has 0 unspecified atom stereocenters. The van der Waals surface area contributed by atoms with Crippen LogP contribution in [0.4, 0.5) is 5.69 Å². The molecular formula is C11H12BrNO. The summed E-state index contributed by atoms with van der Waals surface area (Å²) in [6.45, 7) is 5.89. The number of fused-ring (bicyclic) bond motifs is 1. The van der Waals surface area contributed by atoms with Gasteiger partial charge in [0.1, 0.15) is 0 Å². The van der Waals surface area contributed by atoms with E-state index in [0.29, 0.717) is 0 Å². The van der Waals surface area contributed by atoms with Crippen LogP contribution in [0.3, 0.4) is 0 Å². The molecule has 0 saturated heterocycles. The standard InChI is InChI=1S/C11H12BrNO/c1-6-4-5-7(12)8-9(6)13-10(14)11(8,2)3/h4-5H,1-3H3,(H,13,14). The molecule has 1 N–H and O–H groups in total. The summed E-state index contributed by atoms with van der Waals surface area (Å²) < 4.78 is 1.00. The van der Waals surface area contributed by atoms with Crippen LogP contribution in [-0.4, -0.2) is 5.91 Å². The van der Waals surface area contributed by atoms with Gasteiger partial charge in [0.15, 0.2) is 0 Å². The Balaban J connectivity index is 2.76. The second-order valence-corrected chi connectivity index (χ2v) is 5.05. The molecule has 14 heavy (non-hydrogen) atoms. The number of carbonyl (C=O) groups excluding carboxylic acids is 1. The molecule has 74 valence electrons. The summed E-state index contributed by atoms with van der Waals surface area (Å²) in [7, 11) is 0. The molecule has 0 spiro atoms. The molecule has 1 aliphatic heterocycles. The summed E-state index contributed by atoms with van der Waals surface area (Å²) >= 11 is 3.49. The molecule has 0 aliphatic carbocycles. The lowest BCUT2D eigenvalue weighted by Crippen LogP contribution is -2.27. The van der Waals surface area contributed by atoms with Crippen molar-refractivity contribution < 1.29 is 4.79 Å².